The molecule has 0 spiro atoms. The van der Waals surface area contributed by atoms with Crippen LogP contribution in [-0.4, -0.2) is 46.6 Å². The van der Waals surface area contributed by atoms with Crippen molar-refractivity contribution in [3.05, 3.63) is 53.8 Å². The van der Waals surface area contributed by atoms with Crippen molar-refractivity contribution >= 4 is 29.2 Å². The minimum atomic E-state index is -1.18. The van der Waals surface area contributed by atoms with Crippen molar-refractivity contribution < 1.29 is 14.4 Å². The van der Waals surface area contributed by atoms with E-state index in [1.54, 1.807) is 24.1 Å². The van der Waals surface area contributed by atoms with Crippen molar-refractivity contribution in [1.29, 1.82) is 0 Å². The molecule has 32 heavy (non-hydrogen) atoms. The van der Waals surface area contributed by atoms with Gasteiger partial charge in [0, 0.05) is 17.9 Å². The highest BCUT2D eigenvalue weighted by Crippen LogP contribution is 2.33. The van der Waals surface area contributed by atoms with E-state index in [-0.39, 0.29) is 36.7 Å². The molecule has 4 rings (SSSR count). The highest BCUT2D eigenvalue weighted by atomic mass is 16.2. The lowest BCUT2D eigenvalue weighted by Gasteiger charge is -2.44. The summed E-state index contributed by atoms with van der Waals surface area (Å²) in [6.07, 6.45) is 9.61. The third-order valence-electron chi connectivity index (χ3n) is 6.49. The molecule has 1 N–H and O–H groups in total. The Balaban J connectivity index is 1.67. The lowest BCUT2D eigenvalue weighted by Crippen LogP contribution is -2.62. The molecule has 1 fully saturated rings. The first-order valence-corrected chi connectivity index (χ1v) is 11.2. The lowest BCUT2D eigenvalue weighted by molar-refractivity contribution is -0.133. The zero-order valence-electron chi connectivity index (χ0n) is 18.9. The number of fused-ring (bicyclic) bond motifs is 1. The molecule has 1 atom stereocenters. The van der Waals surface area contributed by atoms with Crippen LogP contribution in [0.3, 0.4) is 0 Å². The second kappa shape index (κ2) is 8.73. The van der Waals surface area contributed by atoms with Crippen LogP contribution in [0.15, 0.2) is 53.2 Å². The smallest absolute Gasteiger partial charge is 0.254 e. The molecule has 0 saturated heterocycles. The molecule has 0 radical (unpaired) electrons. The molecule has 0 unspecified atom stereocenters. The molecule has 1 aromatic rings. The van der Waals surface area contributed by atoms with Crippen molar-refractivity contribution in [2.45, 2.75) is 64.5 Å². The maximum absolute atomic E-state index is 14.1. The number of allylic oxidation sites excluding steroid dienone is 2. The number of rotatable bonds is 5. The number of amides is 3. The van der Waals surface area contributed by atoms with Crippen LogP contribution < -0.4 is 10.2 Å². The van der Waals surface area contributed by atoms with E-state index in [2.05, 4.69) is 10.3 Å². The number of aliphatic imine (C=N–C) groups is 1. The van der Waals surface area contributed by atoms with E-state index < -0.39 is 5.54 Å². The predicted molar refractivity (Wildman–Crippen MR) is 124 cm³/mol. The number of anilines is 1. The molecule has 7 heteroatoms. The van der Waals surface area contributed by atoms with Crippen LogP contribution in [0, 0.1) is 6.92 Å². The van der Waals surface area contributed by atoms with Gasteiger partial charge in [-0.15, -0.1) is 0 Å². The van der Waals surface area contributed by atoms with E-state index in [0.29, 0.717) is 11.5 Å². The minimum absolute atomic E-state index is 0.0564. The van der Waals surface area contributed by atoms with Gasteiger partial charge in [0.25, 0.3) is 11.8 Å². The minimum Gasteiger partial charge on any atom is -0.352 e. The number of nitrogens with zero attached hydrogens (tertiary/aromatic N) is 3. The number of nitrogens with one attached hydrogen (secondary N) is 1. The second-order valence-electron chi connectivity index (χ2n) is 9.12. The van der Waals surface area contributed by atoms with E-state index >= 15 is 0 Å². The van der Waals surface area contributed by atoms with E-state index in [1.807, 2.05) is 44.2 Å². The van der Waals surface area contributed by atoms with Gasteiger partial charge in [0.15, 0.2) is 0 Å². The van der Waals surface area contributed by atoms with Crippen molar-refractivity contribution in [3.8, 4) is 0 Å². The summed E-state index contributed by atoms with van der Waals surface area (Å²) in [6.45, 7) is 5.49. The summed E-state index contributed by atoms with van der Waals surface area (Å²) in [5.41, 5.74) is 1.33. The number of carbonyl (C=O) groups excluding carboxylic acids is 3. The van der Waals surface area contributed by atoms with Crippen LogP contribution in [0.1, 0.15) is 51.5 Å². The van der Waals surface area contributed by atoms with Gasteiger partial charge < -0.3 is 15.1 Å². The molecular formula is C25H30N4O3. The fourth-order valence-corrected chi connectivity index (χ4v) is 4.73. The first-order chi connectivity index (χ1) is 15.3. The highest BCUT2D eigenvalue weighted by molar-refractivity contribution is 6.13. The van der Waals surface area contributed by atoms with Crippen LogP contribution in [0.25, 0.3) is 0 Å². The number of amidine groups is 1. The second-order valence-corrected chi connectivity index (χ2v) is 9.12. The van der Waals surface area contributed by atoms with E-state index in [9.17, 15) is 14.4 Å². The van der Waals surface area contributed by atoms with E-state index in [4.69, 9.17) is 0 Å². The normalized spacial score (nSPS) is 22.8. The average Bonchev–Trinajstić information content (AvgIpc) is 3.24. The standard InChI is InChI=1S/C25H30N4O3/c1-17-12-13-29-21(14-17)27-22(30)15-25(29,3)24(32)28(20-11-7-4-8-18(20)2)16-23(31)26-19-9-5-6-10-19/h4,7-8,11-14,19H,5-6,9-10,15-16H2,1-3H3,(H,26,31)/t25-/m0/s1. The summed E-state index contributed by atoms with van der Waals surface area (Å²) in [7, 11) is 0. The predicted octanol–water partition coefficient (Wildman–Crippen LogP) is 3.25. The average molecular weight is 435 g/mol. The van der Waals surface area contributed by atoms with Crippen LogP contribution in [-0.2, 0) is 14.4 Å². The zero-order chi connectivity index (χ0) is 22.9. The monoisotopic (exact) mass is 434 g/mol. The maximum Gasteiger partial charge on any atom is 0.254 e. The fraction of sp³-hybridized carbons (Fsp3) is 0.440. The first kappa shape index (κ1) is 22.0. The number of carbonyl (C=O) groups is 3. The van der Waals surface area contributed by atoms with Gasteiger partial charge in [-0.1, -0.05) is 31.0 Å². The molecule has 168 valence electrons. The Morgan fingerprint density at radius 1 is 1.22 bits per heavy atom. The molecule has 3 amide bonds. The number of para-hydroxylation sites is 1. The van der Waals surface area contributed by atoms with Crippen LogP contribution in [0.5, 0.6) is 0 Å². The van der Waals surface area contributed by atoms with Crippen molar-refractivity contribution in [1.82, 2.24) is 10.2 Å². The summed E-state index contributed by atoms with van der Waals surface area (Å²) < 4.78 is 0. The summed E-state index contributed by atoms with van der Waals surface area (Å²) >= 11 is 0. The topological polar surface area (TPSA) is 82.1 Å². The Morgan fingerprint density at radius 3 is 2.66 bits per heavy atom. The molecule has 3 aliphatic rings. The Labute approximate surface area is 188 Å². The van der Waals surface area contributed by atoms with Gasteiger partial charge >= 0.3 is 0 Å². The number of hydrogen-bond donors (Lipinski definition) is 1. The van der Waals surface area contributed by atoms with Crippen LogP contribution in [0.2, 0.25) is 0 Å². The molecule has 7 nitrogen and oxygen atoms in total. The number of hydrogen-bond acceptors (Lipinski definition) is 4. The summed E-state index contributed by atoms with van der Waals surface area (Å²) in [4.78, 5) is 46.9. The van der Waals surface area contributed by atoms with E-state index in [1.165, 1.54) is 4.90 Å². The third-order valence-corrected chi connectivity index (χ3v) is 6.49. The quantitative estimate of drug-likeness (QED) is 0.771. The third kappa shape index (κ3) is 4.24. The number of benzene rings is 1. The van der Waals surface area contributed by atoms with Gasteiger partial charge in [0.2, 0.25) is 5.91 Å². The molecule has 2 heterocycles. The first-order valence-electron chi connectivity index (χ1n) is 11.2. The Morgan fingerprint density at radius 2 is 1.94 bits per heavy atom. The largest absolute Gasteiger partial charge is 0.352 e. The molecular weight excluding hydrogens is 404 g/mol. The lowest BCUT2D eigenvalue weighted by atomic mass is 9.89. The van der Waals surface area contributed by atoms with Gasteiger partial charge in [-0.3, -0.25) is 14.4 Å². The molecule has 0 bridgehead atoms. The van der Waals surface area contributed by atoms with Crippen LogP contribution >= 0.6 is 0 Å². The number of aryl methyl sites for hydroxylation is 1. The van der Waals surface area contributed by atoms with Gasteiger partial charge in [0.05, 0.1) is 6.42 Å². The maximum atomic E-state index is 14.1. The van der Waals surface area contributed by atoms with E-state index in [0.717, 1.165) is 36.8 Å². The molecule has 1 aliphatic carbocycles. The summed E-state index contributed by atoms with van der Waals surface area (Å²) in [5, 5.41) is 3.08. The van der Waals surface area contributed by atoms with Crippen molar-refractivity contribution in [3.63, 3.8) is 0 Å². The van der Waals surface area contributed by atoms with Gasteiger partial charge in [-0.2, -0.15) is 4.99 Å². The molecule has 1 saturated carbocycles. The summed E-state index contributed by atoms with van der Waals surface area (Å²) in [6, 6.07) is 7.68. The zero-order valence-corrected chi connectivity index (χ0v) is 18.9. The van der Waals surface area contributed by atoms with Gasteiger partial charge in [-0.05, 0) is 63.0 Å². The SMILES string of the molecule is CC1=CC2=NC(=O)C[C@@](C)(C(=O)N(CC(=O)NC3CCCC3)c3ccccc3C)N2C=C1. The summed E-state index contributed by atoms with van der Waals surface area (Å²) in [5.74, 6) is -0.367. The van der Waals surface area contributed by atoms with Gasteiger partial charge in [0.1, 0.15) is 17.9 Å². The molecule has 0 aromatic heterocycles. The van der Waals surface area contributed by atoms with Crippen LogP contribution in [0.4, 0.5) is 5.69 Å². The van der Waals surface area contributed by atoms with Crippen molar-refractivity contribution in [2.24, 2.45) is 4.99 Å². The molecule has 2 aliphatic heterocycles. The Kier molecular flexibility index (Phi) is 6.00. The Hall–Kier alpha value is -3.22. The highest BCUT2D eigenvalue weighted by Gasteiger charge is 2.48. The van der Waals surface area contributed by atoms with Crippen molar-refractivity contribution in [2.75, 3.05) is 11.4 Å². The Bertz CT molecular complexity index is 1040. The van der Waals surface area contributed by atoms with Gasteiger partial charge in [-0.25, -0.2) is 0 Å². The fourth-order valence-electron chi connectivity index (χ4n) is 4.73. The molecule has 1 aromatic carbocycles.